The Morgan fingerprint density at radius 2 is 1.96 bits per heavy atom. The second-order valence-electron chi connectivity index (χ2n) is 6.47. The summed E-state index contributed by atoms with van der Waals surface area (Å²) in [5, 5.41) is 2.90. The first-order valence-electron chi connectivity index (χ1n) is 8.66. The van der Waals surface area contributed by atoms with E-state index < -0.39 is 0 Å². The molecule has 1 atom stereocenters. The van der Waals surface area contributed by atoms with Crippen molar-refractivity contribution < 1.29 is 14.3 Å². The highest BCUT2D eigenvalue weighted by atomic mass is 16.5. The van der Waals surface area contributed by atoms with Crippen LogP contribution >= 0.6 is 0 Å². The standard InChI is InChI=1S/C19H20N4O3/c24-18-12-22-9-10-23(19(25)14-5-7-20-8-6-14)11-15(22)13-26-17-4-2-1-3-16(17)21-18/h1-8,15H,9-13H2,(H,21,24)/t15-/m1/s1. The van der Waals surface area contributed by atoms with Gasteiger partial charge in [-0.2, -0.15) is 0 Å². The molecule has 3 heterocycles. The van der Waals surface area contributed by atoms with Gasteiger partial charge in [0.25, 0.3) is 5.91 Å². The number of carbonyl (C=O) groups is 2. The number of nitrogens with one attached hydrogen (secondary N) is 1. The number of hydrogen-bond acceptors (Lipinski definition) is 5. The van der Waals surface area contributed by atoms with Gasteiger partial charge in [-0.15, -0.1) is 0 Å². The number of nitrogens with zero attached hydrogens (tertiary/aromatic N) is 3. The quantitative estimate of drug-likeness (QED) is 0.836. The van der Waals surface area contributed by atoms with E-state index in [-0.39, 0.29) is 17.9 Å². The van der Waals surface area contributed by atoms with Gasteiger partial charge >= 0.3 is 0 Å². The molecule has 26 heavy (non-hydrogen) atoms. The minimum Gasteiger partial charge on any atom is -0.490 e. The normalized spacial score (nSPS) is 20.5. The molecule has 7 nitrogen and oxygen atoms in total. The zero-order valence-electron chi connectivity index (χ0n) is 14.3. The second-order valence-corrected chi connectivity index (χ2v) is 6.47. The molecule has 1 N–H and O–H groups in total. The van der Waals surface area contributed by atoms with E-state index in [2.05, 4.69) is 15.2 Å². The Bertz CT molecular complexity index is 811. The topological polar surface area (TPSA) is 74.8 Å². The van der Waals surface area contributed by atoms with Gasteiger partial charge in [0.15, 0.2) is 0 Å². The molecule has 1 aromatic carbocycles. The smallest absolute Gasteiger partial charge is 0.254 e. The first-order valence-corrected chi connectivity index (χ1v) is 8.66. The predicted molar refractivity (Wildman–Crippen MR) is 96.1 cm³/mol. The van der Waals surface area contributed by atoms with Crippen molar-refractivity contribution in [3.63, 3.8) is 0 Å². The van der Waals surface area contributed by atoms with Crippen molar-refractivity contribution in [2.45, 2.75) is 6.04 Å². The third-order valence-electron chi connectivity index (χ3n) is 4.76. The van der Waals surface area contributed by atoms with Gasteiger partial charge in [0.1, 0.15) is 12.4 Å². The summed E-state index contributed by atoms with van der Waals surface area (Å²) in [5.41, 5.74) is 1.31. The van der Waals surface area contributed by atoms with E-state index in [0.29, 0.717) is 49.8 Å². The largest absolute Gasteiger partial charge is 0.490 e. The molecule has 2 aliphatic heterocycles. The number of amides is 2. The molecule has 0 aliphatic carbocycles. The van der Waals surface area contributed by atoms with Crippen molar-refractivity contribution in [3.05, 3.63) is 54.4 Å². The van der Waals surface area contributed by atoms with Crippen molar-refractivity contribution >= 4 is 17.5 Å². The lowest BCUT2D eigenvalue weighted by atomic mass is 10.1. The van der Waals surface area contributed by atoms with Crippen molar-refractivity contribution in [2.24, 2.45) is 0 Å². The van der Waals surface area contributed by atoms with Gasteiger partial charge < -0.3 is 15.0 Å². The number of carbonyl (C=O) groups excluding carboxylic acids is 2. The molecule has 7 heteroatoms. The van der Waals surface area contributed by atoms with Crippen molar-refractivity contribution in [2.75, 3.05) is 38.1 Å². The average Bonchev–Trinajstić information content (AvgIpc) is 2.74. The first-order chi connectivity index (χ1) is 12.7. The maximum Gasteiger partial charge on any atom is 0.254 e. The van der Waals surface area contributed by atoms with Crippen molar-refractivity contribution in [3.8, 4) is 5.75 Å². The minimum absolute atomic E-state index is 0.0169. The summed E-state index contributed by atoms with van der Waals surface area (Å²) in [6.45, 7) is 2.45. The van der Waals surface area contributed by atoms with E-state index in [9.17, 15) is 9.59 Å². The molecule has 2 amide bonds. The lowest BCUT2D eigenvalue weighted by Crippen LogP contribution is -2.57. The average molecular weight is 352 g/mol. The Morgan fingerprint density at radius 1 is 1.15 bits per heavy atom. The summed E-state index contributed by atoms with van der Waals surface area (Å²) in [5.74, 6) is 0.568. The van der Waals surface area contributed by atoms with Crippen LogP contribution in [0, 0.1) is 0 Å². The number of hydrogen-bond donors (Lipinski definition) is 1. The van der Waals surface area contributed by atoms with E-state index in [4.69, 9.17) is 4.74 Å². The summed E-state index contributed by atoms with van der Waals surface area (Å²) in [6.07, 6.45) is 3.24. The van der Waals surface area contributed by atoms with Crippen LogP contribution in [0.3, 0.4) is 0 Å². The maximum atomic E-state index is 12.7. The zero-order chi connectivity index (χ0) is 17.9. The number of rotatable bonds is 1. The fourth-order valence-electron chi connectivity index (χ4n) is 3.38. The molecule has 0 bridgehead atoms. The van der Waals surface area contributed by atoms with E-state index in [1.807, 2.05) is 29.2 Å². The second kappa shape index (κ2) is 7.13. The van der Waals surface area contributed by atoms with Gasteiger partial charge in [-0.1, -0.05) is 12.1 Å². The van der Waals surface area contributed by atoms with Crippen LogP contribution in [0.5, 0.6) is 5.75 Å². The Labute approximate surface area is 151 Å². The van der Waals surface area contributed by atoms with Crippen LogP contribution < -0.4 is 10.1 Å². The Kier molecular flexibility index (Phi) is 4.53. The summed E-state index contributed by atoms with van der Waals surface area (Å²) in [4.78, 5) is 32.9. The van der Waals surface area contributed by atoms with E-state index in [0.717, 1.165) is 0 Å². The number of ether oxygens (including phenoxy) is 1. The molecule has 0 saturated carbocycles. The molecule has 1 fully saturated rings. The van der Waals surface area contributed by atoms with Crippen LogP contribution in [0.15, 0.2) is 48.8 Å². The van der Waals surface area contributed by atoms with Crippen LogP contribution in [-0.4, -0.2) is 65.4 Å². The molecule has 0 radical (unpaired) electrons. The number of aromatic nitrogens is 1. The maximum absolute atomic E-state index is 12.7. The van der Waals surface area contributed by atoms with Crippen LogP contribution in [0.25, 0.3) is 0 Å². The summed E-state index contributed by atoms with van der Waals surface area (Å²) >= 11 is 0. The summed E-state index contributed by atoms with van der Waals surface area (Å²) < 4.78 is 5.96. The van der Waals surface area contributed by atoms with Crippen molar-refractivity contribution in [1.82, 2.24) is 14.8 Å². The van der Waals surface area contributed by atoms with Crippen LogP contribution in [0.4, 0.5) is 5.69 Å². The molecule has 4 rings (SSSR count). The number of anilines is 1. The third kappa shape index (κ3) is 3.39. The fraction of sp³-hybridized carbons (Fsp3) is 0.316. The molecule has 134 valence electrons. The number of benzene rings is 1. The Hall–Kier alpha value is -2.93. The molecule has 0 spiro atoms. The minimum atomic E-state index is -0.0677. The van der Waals surface area contributed by atoms with Gasteiger partial charge in [0, 0.05) is 37.6 Å². The number of para-hydroxylation sites is 2. The Morgan fingerprint density at radius 3 is 2.81 bits per heavy atom. The van der Waals surface area contributed by atoms with Crippen LogP contribution in [-0.2, 0) is 4.79 Å². The van der Waals surface area contributed by atoms with Crippen molar-refractivity contribution in [1.29, 1.82) is 0 Å². The molecule has 1 aromatic heterocycles. The summed E-state index contributed by atoms with van der Waals surface area (Å²) in [7, 11) is 0. The lowest BCUT2D eigenvalue weighted by Gasteiger charge is -2.40. The molecule has 1 saturated heterocycles. The summed E-state index contributed by atoms with van der Waals surface area (Å²) in [6, 6.07) is 10.8. The molecule has 2 aliphatic rings. The van der Waals surface area contributed by atoms with Gasteiger partial charge in [0.2, 0.25) is 5.91 Å². The number of piperazine rings is 1. The number of pyridine rings is 1. The highest BCUT2D eigenvalue weighted by Crippen LogP contribution is 2.26. The van der Waals surface area contributed by atoms with E-state index in [1.54, 1.807) is 24.5 Å². The zero-order valence-corrected chi connectivity index (χ0v) is 14.3. The monoisotopic (exact) mass is 352 g/mol. The molecular weight excluding hydrogens is 332 g/mol. The Balaban J connectivity index is 1.52. The first kappa shape index (κ1) is 16.5. The van der Waals surface area contributed by atoms with Gasteiger partial charge in [-0.3, -0.25) is 19.5 Å². The highest BCUT2D eigenvalue weighted by Gasteiger charge is 2.32. The van der Waals surface area contributed by atoms with Gasteiger partial charge in [-0.05, 0) is 24.3 Å². The lowest BCUT2D eigenvalue weighted by molar-refractivity contribution is -0.118. The van der Waals surface area contributed by atoms with Gasteiger partial charge in [0.05, 0.1) is 18.3 Å². The third-order valence-corrected chi connectivity index (χ3v) is 4.76. The SMILES string of the molecule is O=C1CN2CCN(C(=O)c3ccncc3)C[C@@H]2COc2ccccc2N1. The van der Waals surface area contributed by atoms with Crippen LogP contribution in [0.2, 0.25) is 0 Å². The highest BCUT2D eigenvalue weighted by molar-refractivity contribution is 5.95. The van der Waals surface area contributed by atoms with Crippen LogP contribution in [0.1, 0.15) is 10.4 Å². The van der Waals surface area contributed by atoms with E-state index >= 15 is 0 Å². The fourth-order valence-corrected chi connectivity index (χ4v) is 3.38. The van der Waals surface area contributed by atoms with Gasteiger partial charge in [-0.25, -0.2) is 0 Å². The number of fused-ring (bicyclic) bond motifs is 2. The molecular formula is C19H20N4O3. The molecule has 2 aromatic rings. The van der Waals surface area contributed by atoms with E-state index in [1.165, 1.54) is 0 Å². The molecule has 0 unspecified atom stereocenters. The predicted octanol–water partition coefficient (Wildman–Crippen LogP) is 1.24.